The van der Waals surface area contributed by atoms with Crippen molar-refractivity contribution in [2.24, 2.45) is 0 Å². The number of aromatic nitrogens is 2. The van der Waals surface area contributed by atoms with Gasteiger partial charge in [0.2, 0.25) is 0 Å². The molecule has 2 N–H and O–H groups in total. The number of nitrogen functional groups attached to an aromatic ring is 1. The van der Waals surface area contributed by atoms with Crippen molar-refractivity contribution >= 4 is 17.6 Å². The first-order valence-electron chi connectivity index (χ1n) is 5.99. The summed E-state index contributed by atoms with van der Waals surface area (Å²) in [6.07, 6.45) is 1.07. The summed E-state index contributed by atoms with van der Waals surface area (Å²) in [6.45, 7) is 4.09. The van der Waals surface area contributed by atoms with Gasteiger partial charge in [-0.1, -0.05) is 43.0 Å². The van der Waals surface area contributed by atoms with Crippen molar-refractivity contribution in [3.63, 3.8) is 0 Å². The molecule has 0 aliphatic rings. The van der Waals surface area contributed by atoms with Crippen molar-refractivity contribution in [1.29, 1.82) is 0 Å². The van der Waals surface area contributed by atoms with Gasteiger partial charge in [-0.25, -0.2) is 9.97 Å². The van der Waals surface area contributed by atoms with Crippen LogP contribution < -0.4 is 5.73 Å². The van der Waals surface area contributed by atoms with E-state index in [-0.39, 0.29) is 0 Å². The molecule has 94 valence electrons. The zero-order valence-electron chi connectivity index (χ0n) is 10.7. The Morgan fingerprint density at radius 2 is 1.78 bits per heavy atom. The van der Waals surface area contributed by atoms with Crippen LogP contribution in [0.1, 0.15) is 23.7 Å². The molecular formula is C14H17N3S. The summed E-state index contributed by atoms with van der Waals surface area (Å²) in [5.74, 6) is 1.40. The molecule has 2 aromatic rings. The Morgan fingerprint density at radius 1 is 1.11 bits per heavy atom. The number of nitrogens with two attached hydrogens (primary N) is 1. The van der Waals surface area contributed by atoms with Crippen molar-refractivity contribution in [3.05, 3.63) is 47.2 Å². The predicted molar refractivity (Wildman–Crippen MR) is 76.6 cm³/mol. The van der Waals surface area contributed by atoms with Crippen molar-refractivity contribution in [2.45, 2.75) is 31.2 Å². The number of aryl methyl sites for hydroxylation is 2. The second-order valence-electron chi connectivity index (χ2n) is 4.18. The van der Waals surface area contributed by atoms with E-state index >= 15 is 0 Å². The van der Waals surface area contributed by atoms with Crippen LogP contribution >= 0.6 is 11.8 Å². The lowest BCUT2D eigenvalue weighted by molar-refractivity contribution is 0.940. The van der Waals surface area contributed by atoms with Gasteiger partial charge in [0.15, 0.2) is 5.16 Å². The molecule has 0 aliphatic heterocycles. The van der Waals surface area contributed by atoms with Crippen LogP contribution in [0.3, 0.4) is 0 Å². The van der Waals surface area contributed by atoms with Gasteiger partial charge in [0.25, 0.3) is 0 Å². The molecule has 0 bridgehead atoms. The normalized spacial score (nSPS) is 10.6. The van der Waals surface area contributed by atoms with E-state index in [9.17, 15) is 0 Å². The largest absolute Gasteiger partial charge is 0.384 e. The fourth-order valence-corrected chi connectivity index (χ4v) is 2.52. The van der Waals surface area contributed by atoms with Crippen LogP contribution in [0.25, 0.3) is 0 Å². The molecule has 1 aromatic carbocycles. The Kier molecular flexibility index (Phi) is 4.20. The van der Waals surface area contributed by atoms with Crippen LogP contribution in [-0.2, 0) is 12.2 Å². The fraction of sp³-hybridized carbons (Fsp3) is 0.286. The minimum atomic E-state index is 0.534. The van der Waals surface area contributed by atoms with Crippen LogP contribution in [-0.4, -0.2) is 9.97 Å². The lowest BCUT2D eigenvalue weighted by Gasteiger charge is -2.04. The number of hydrogen-bond donors (Lipinski definition) is 1. The van der Waals surface area contributed by atoms with Crippen LogP contribution in [0.5, 0.6) is 0 Å². The third-order valence-corrected chi connectivity index (χ3v) is 3.57. The second kappa shape index (κ2) is 5.87. The SMILES string of the molecule is CCc1ccc(CSc2nc(C)cc(N)n2)cc1. The highest BCUT2D eigenvalue weighted by molar-refractivity contribution is 7.98. The van der Waals surface area contributed by atoms with E-state index in [0.29, 0.717) is 5.82 Å². The molecule has 0 atom stereocenters. The summed E-state index contributed by atoms with van der Waals surface area (Å²) in [4.78, 5) is 8.57. The smallest absolute Gasteiger partial charge is 0.190 e. The third kappa shape index (κ3) is 3.47. The highest BCUT2D eigenvalue weighted by Gasteiger charge is 2.02. The van der Waals surface area contributed by atoms with Gasteiger partial charge in [-0.2, -0.15) is 0 Å². The van der Waals surface area contributed by atoms with Crippen LogP contribution in [0.2, 0.25) is 0 Å². The Labute approximate surface area is 112 Å². The van der Waals surface area contributed by atoms with Gasteiger partial charge in [0.05, 0.1) is 0 Å². The van der Waals surface area contributed by atoms with Crippen molar-refractivity contribution in [3.8, 4) is 0 Å². The molecule has 3 nitrogen and oxygen atoms in total. The molecule has 1 aromatic heterocycles. The van der Waals surface area contributed by atoms with Crippen molar-refractivity contribution in [2.75, 3.05) is 5.73 Å². The molecule has 0 amide bonds. The molecule has 0 spiro atoms. The number of hydrogen-bond acceptors (Lipinski definition) is 4. The van der Waals surface area contributed by atoms with Gasteiger partial charge >= 0.3 is 0 Å². The maximum atomic E-state index is 5.70. The molecule has 0 saturated heterocycles. The summed E-state index contributed by atoms with van der Waals surface area (Å²) in [6, 6.07) is 10.4. The molecule has 2 rings (SSSR count). The molecule has 0 aliphatic carbocycles. The minimum Gasteiger partial charge on any atom is -0.384 e. The quantitative estimate of drug-likeness (QED) is 0.676. The fourth-order valence-electron chi connectivity index (χ4n) is 1.65. The molecule has 0 unspecified atom stereocenters. The molecule has 0 radical (unpaired) electrons. The molecule has 0 saturated carbocycles. The van der Waals surface area contributed by atoms with E-state index in [4.69, 9.17) is 5.73 Å². The first-order chi connectivity index (χ1) is 8.67. The standard InChI is InChI=1S/C14H17N3S/c1-3-11-4-6-12(7-5-11)9-18-14-16-10(2)8-13(15)17-14/h4-8H,3,9H2,1-2H3,(H2,15,16,17). The van der Waals surface area contributed by atoms with E-state index in [2.05, 4.69) is 41.2 Å². The number of anilines is 1. The summed E-state index contributed by atoms with van der Waals surface area (Å²) in [5, 5.41) is 0.743. The highest BCUT2D eigenvalue weighted by Crippen LogP contribution is 2.20. The Morgan fingerprint density at radius 3 is 2.39 bits per heavy atom. The van der Waals surface area contributed by atoms with E-state index in [1.807, 2.05) is 6.92 Å². The number of nitrogens with zero attached hydrogens (tertiary/aromatic N) is 2. The maximum absolute atomic E-state index is 5.70. The van der Waals surface area contributed by atoms with Crippen molar-refractivity contribution < 1.29 is 0 Å². The highest BCUT2D eigenvalue weighted by atomic mass is 32.2. The van der Waals surface area contributed by atoms with E-state index in [1.54, 1.807) is 17.8 Å². The van der Waals surface area contributed by atoms with Gasteiger partial charge < -0.3 is 5.73 Å². The molecule has 18 heavy (non-hydrogen) atoms. The maximum Gasteiger partial charge on any atom is 0.190 e. The predicted octanol–water partition coefficient (Wildman–Crippen LogP) is 3.22. The number of thioether (sulfide) groups is 1. The topological polar surface area (TPSA) is 51.8 Å². The van der Waals surface area contributed by atoms with Gasteiger partial charge in [-0.05, 0) is 24.5 Å². The van der Waals surface area contributed by atoms with Crippen molar-refractivity contribution in [1.82, 2.24) is 9.97 Å². The van der Waals surface area contributed by atoms with Gasteiger partial charge in [0.1, 0.15) is 5.82 Å². The molecular weight excluding hydrogens is 242 g/mol. The average Bonchev–Trinajstić information content (AvgIpc) is 2.36. The monoisotopic (exact) mass is 259 g/mol. The molecule has 4 heteroatoms. The van der Waals surface area contributed by atoms with Gasteiger partial charge in [0, 0.05) is 17.5 Å². The summed E-state index contributed by atoms with van der Waals surface area (Å²) in [7, 11) is 0. The first-order valence-corrected chi connectivity index (χ1v) is 6.97. The number of rotatable bonds is 4. The summed E-state index contributed by atoms with van der Waals surface area (Å²) in [5.41, 5.74) is 9.25. The average molecular weight is 259 g/mol. The van der Waals surface area contributed by atoms with Gasteiger partial charge in [-0.3, -0.25) is 0 Å². The van der Waals surface area contributed by atoms with E-state index < -0.39 is 0 Å². The minimum absolute atomic E-state index is 0.534. The van der Waals surface area contributed by atoms with E-state index in [1.165, 1.54) is 11.1 Å². The Balaban J connectivity index is 2.01. The van der Waals surface area contributed by atoms with E-state index in [0.717, 1.165) is 23.0 Å². The third-order valence-electron chi connectivity index (χ3n) is 2.65. The summed E-state index contributed by atoms with van der Waals surface area (Å²) < 4.78 is 0. The van der Waals surface area contributed by atoms with Crippen LogP contribution in [0.4, 0.5) is 5.82 Å². The Hall–Kier alpha value is -1.55. The zero-order chi connectivity index (χ0) is 13.0. The Bertz CT molecular complexity index is 503. The molecule has 1 heterocycles. The lowest BCUT2D eigenvalue weighted by Crippen LogP contribution is -1.96. The zero-order valence-corrected chi connectivity index (χ0v) is 11.5. The number of benzene rings is 1. The first kappa shape index (κ1) is 12.9. The molecule has 0 fully saturated rings. The lowest BCUT2D eigenvalue weighted by atomic mass is 10.1. The van der Waals surface area contributed by atoms with Gasteiger partial charge in [-0.15, -0.1) is 0 Å². The second-order valence-corrected chi connectivity index (χ2v) is 5.12. The summed E-state index contributed by atoms with van der Waals surface area (Å²) >= 11 is 1.61. The van der Waals surface area contributed by atoms with Crippen LogP contribution in [0, 0.1) is 6.92 Å². The van der Waals surface area contributed by atoms with Crippen LogP contribution in [0.15, 0.2) is 35.5 Å².